The highest BCUT2D eigenvalue weighted by molar-refractivity contribution is 7.15. The summed E-state index contributed by atoms with van der Waals surface area (Å²) in [7, 11) is 0. The Balaban J connectivity index is 1.11. The first-order chi connectivity index (χ1) is 17.5. The minimum absolute atomic E-state index is 0.00602. The van der Waals surface area contributed by atoms with Crippen LogP contribution in [0.3, 0.4) is 0 Å². The smallest absolute Gasteiger partial charge is 0.229 e. The Bertz CT molecular complexity index is 1240. The minimum Gasteiger partial charge on any atom is -0.342 e. The molecule has 1 N–H and O–H groups in total. The van der Waals surface area contributed by atoms with Gasteiger partial charge in [-0.15, -0.1) is 10.2 Å². The lowest BCUT2D eigenvalue weighted by Crippen LogP contribution is -2.44. The number of hydrogen-bond donors (Lipinski definition) is 1. The van der Waals surface area contributed by atoms with Gasteiger partial charge in [0.2, 0.25) is 22.9 Å². The van der Waals surface area contributed by atoms with E-state index in [1.54, 1.807) is 4.90 Å². The topological polar surface area (TPSA) is 95.5 Å². The van der Waals surface area contributed by atoms with E-state index in [0.29, 0.717) is 44.0 Å². The predicted molar refractivity (Wildman–Crippen MR) is 139 cm³/mol. The van der Waals surface area contributed by atoms with Crippen LogP contribution in [-0.4, -0.2) is 52.5 Å². The second-order valence-corrected chi connectivity index (χ2v) is 10.6. The van der Waals surface area contributed by atoms with Crippen molar-refractivity contribution in [3.63, 3.8) is 0 Å². The fourth-order valence-electron chi connectivity index (χ4n) is 4.82. The number of piperidine rings is 1. The standard InChI is InChI=1S/C27H29N5O3S/c1-18-7-9-22(10-8-18)32-17-21(16-24(32)33)26(35)31-13-11-20(12-14-31)25(34)28-27-30-29-23(36-27)15-19-5-3-2-4-6-19/h2-10,20-21H,11-17H2,1H3,(H,28,30,34). The fraction of sp³-hybridized carbons (Fsp3) is 0.370. The van der Waals surface area contributed by atoms with E-state index in [1.165, 1.54) is 11.3 Å². The molecule has 1 aromatic heterocycles. The van der Waals surface area contributed by atoms with Crippen LogP contribution < -0.4 is 10.2 Å². The third-order valence-corrected chi connectivity index (χ3v) is 7.73. The van der Waals surface area contributed by atoms with Crippen LogP contribution in [0.5, 0.6) is 0 Å². The van der Waals surface area contributed by atoms with Crippen LogP contribution in [0.2, 0.25) is 0 Å². The Morgan fingerprint density at radius 2 is 1.72 bits per heavy atom. The third-order valence-electron chi connectivity index (χ3n) is 6.89. The predicted octanol–water partition coefficient (Wildman–Crippen LogP) is 3.67. The molecule has 3 heterocycles. The van der Waals surface area contributed by atoms with Gasteiger partial charge in [-0.1, -0.05) is 59.4 Å². The summed E-state index contributed by atoms with van der Waals surface area (Å²) in [6.07, 6.45) is 2.10. The molecule has 2 aliphatic heterocycles. The minimum atomic E-state index is -0.339. The molecule has 2 aromatic carbocycles. The van der Waals surface area contributed by atoms with Gasteiger partial charge >= 0.3 is 0 Å². The molecular weight excluding hydrogens is 474 g/mol. The number of aryl methyl sites for hydroxylation is 1. The number of rotatable bonds is 6. The Hall–Kier alpha value is -3.59. The van der Waals surface area contributed by atoms with Gasteiger partial charge in [0.15, 0.2) is 0 Å². The normalized spacial score (nSPS) is 18.5. The molecule has 0 saturated carbocycles. The molecule has 0 radical (unpaired) electrons. The van der Waals surface area contributed by atoms with Gasteiger partial charge in [0.05, 0.1) is 5.92 Å². The third kappa shape index (κ3) is 5.46. The molecule has 9 heteroatoms. The molecule has 2 fully saturated rings. The van der Waals surface area contributed by atoms with Gasteiger partial charge in [0.1, 0.15) is 5.01 Å². The molecule has 2 saturated heterocycles. The van der Waals surface area contributed by atoms with E-state index in [-0.39, 0.29) is 36.0 Å². The van der Waals surface area contributed by atoms with E-state index >= 15 is 0 Å². The maximum Gasteiger partial charge on any atom is 0.229 e. The summed E-state index contributed by atoms with van der Waals surface area (Å²) >= 11 is 1.39. The Morgan fingerprint density at radius 1 is 1.00 bits per heavy atom. The molecule has 36 heavy (non-hydrogen) atoms. The SMILES string of the molecule is Cc1ccc(N2CC(C(=O)N3CCC(C(=O)Nc4nnc(Cc5ccccc5)s4)CC3)CC2=O)cc1. The Labute approximate surface area is 214 Å². The van der Waals surface area contributed by atoms with Crippen LogP contribution in [0.1, 0.15) is 35.4 Å². The second-order valence-electron chi connectivity index (χ2n) is 9.49. The lowest BCUT2D eigenvalue weighted by Gasteiger charge is -2.32. The first-order valence-corrected chi connectivity index (χ1v) is 13.1. The Kier molecular flexibility index (Phi) is 7.09. The van der Waals surface area contributed by atoms with Crippen LogP contribution in [0.25, 0.3) is 0 Å². The number of benzene rings is 2. The van der Waals surface area contributed by atoms with Crippen LogP contribution in [0.4, 0.5) is 10.8 Å². The molecule has 3 amide bonds. The van der Waals surface area contributed by atoms with E-state index in [2.05, 4.69) is 15.5 Å². The van der Waals surface area contributed by atoms with Gasteiger partial charge in [0, 0.05) is 44.1 Å². The summed E-state index contributed by atoms with van der Waals surface area (Å²) in [5, 5.41) is 12.6. The fourth-order valence-corrected chi connectivity index (χ4v) is 5.60. The number of hydrogen-bond acceptors (Lipinski definition) is 6. The van der Waals surface area contributed by atoms with Crippen LogP contribution in [0.15, 0.2) is 54.6 Å². The number of anilines is 2. The largest absolute Gasteiger partial charge is 0.342 e. The van der Waals surface area contributed by atoms with Crippen molar-refractivity contribution in [3.05, 3.63) is 70.7 Å². The van der Waals surface area contributed by atoms with Crippen molar-refractivity contribution in [2.75, 3.05) is 29.9 Å². The number of carbonyl (C=O) groups excluding carboxylic acids is 3. The highest BCUT2D eigenvalue weighted by atomic mass is 32.1. The molecule has 0 aliphatic carbocycles. The van der Waals surface area contributed by atoms with Gasteiger partial charge < -0.3 is 15.1 Å². The van der Waals surface area contributed by atoms with E-state index in [4.69, 9.17) is 0 Å². The summed E-state index contributed by atoms with van der Waals surface area (Å²) in [6, 6.07) is 17.8. The highest BCUT2D eigenvalue weighted by Crippen LogP contribution is 2.29. The van der Waals surface area contributed by atoms with E-state index in [1.807, 2.05) is 66.4 Å². The van der Waals surface area contributed by atoms with Crippen molar-refractivity contribution in [2.24, 2.45) is 11.8 Å². The van der Waals surface area contributed by atoms with Crippen LogP contribution in [-0.2, 0) is 20.8 Å². The molecular formula is C27H29N5O3S. The number of amides is 3. The molecule has 5 rings (SSSR count). The molecule has 8 nitrogen and oxygen atoms in total. The summed E-state index contributed by atoms with van der Waals surface area (Å²) in [6.45, 7) is 3.44. The molecule has 186 valence electrons. The van der Waals surface area contributed by atoms with Crippen molar-refractivity contribution in [3.8, 4) is 0 Å². The highest BCUT2D eigenvalue weighted by Gasteiger charge is 2.38. The van der Waals surface area contributed by atoms with Gasteiger partial charge in [0.25, 0.3) is 0 Å². The zero-order valence-corrected chi connectivity index (χ0v) is 21.0. The zero-order chi connectivity index (χ0) is 25.1. The van der Waals surface area contributed by atoms with E-state index in [0.717, 1.165) is 21.8 Å². The molecule has 0 bridgehead atoms. The number of nitrogens with zero attached hydrogens (tertiary/aromatic N) is 4. The molecule has 1 atom stereocenters. The maximum atomic E-state index is 13.1. The first kappa shape index (κ1) is 24.1. The summed E-state index contributed by atoms with van der Waals surface area (Å²) in [4.78, 5) is 42.0. The molecule has 0 spiro atoms. The first-order valence-electron chi connectivity index (χ1n) is 12.3. The van der Waals surface area contributed by atoms with Gasteiger partial charge in [-0.2, -0.15) is 0 Å². The number of aromatic nitrogens is 2. The van der Waals surface area contributed by atoms with Gasteiger partial charge in [-0.3, -0.25) is 14.4 Å². The van der Waals surface area contributed by atoms with Crippen LogP contribution in [0, 0.1) is 18.8 Å². The lowest BCUT2D eigenvalue weighted by molar-refractivity contribution is -0.138. The average Bonchev–Trinajstić information content (AvgIpc) is 3.50. The Morgan fingerprint density at radius 3 is 2.44 bits per heavy atom. The van der Waals surface area contributed by atoms with E-state index in [9.17, 15) is 14.4 Å². The van der Waals surface area contributed by atoms with Gasteiger partial charge in [-0.25, -0.2) is 0 Å². The quantitative estimate of drug-likeness (QED) is 0.554. The van der Waals surface area contributed by atoms with Crippen molar-refractivity contribution in [1.82, 2.24) is 15.1 Å². The molecule has 2 aliphatic rings. The van der Waals surface area contributed by atoms with Gasteiger partial charge in [-0.05, 0) is 37.5 Å². The van der Waals surface area contributed by atoms with Crippen molar-refractivity contribution in [2.45, 2.75) is 32.6 Å². The number of carbonyl (C=O) groups is 3. The summed E-state index contributed by atoms with van der Waals surface area (Å²) in [5.74, 6) is -0.605. The maximum absolute atomic E-state index is 13.1. The molecule has 3 aromatic rings. The molecule has 1 unspecified atom stereocenters. The second kappa shape index (κ2) is 10.6. The van der Waals surface area contributed by atoms with Crippen molar-refractivity contribution >= 4 is 39.9 Å². The monoisotopic (exact) mass is 503 g/mol. The average molecular weight is 504 g/mol. The number of nitrogens with one attached hydrogen (secondary N) is 1. The summed E-state index contributed by atoms with van der Waals surface area (Å²) < 4.78 is 0. The van der Waals surface area contributed by atoms with E-state index < -0.39 is 0 Å². The zero-order valence-electron chi connectivity index (χ0n) is 20.2. The number of likely N-dealkylation sites (tertiary alicyclic amines) is 1. The van der Waals surface area contributed by atoms with Crippen molar-refractivity contribution < 1.29 is 14.4 Å². The van der Waals surface area contributed by atoms with Crippen molar-refractivity contribution in [1.29, 1.82) is 0 Å². The van der Waals surface area contributed by atoms with Crippen LogP contribution >= 0.6 is 11.3 Å². The lowest BCUT2D eigenvalue weighted by atomic mass is 9.94. The summed E-state index contributed by atoms with van der Waals surface area (Å²) in [5.41, 5.74) is 3.11.